The van der Waals surface area contributed by atoms with E-state index < -0.39 is 10.0 Å². The molecule has 2 aromatic rings. The minimum Gasteiger partial charge on any atom is -0.496 e. The van der Waals surface area contributed by atoms with Gasteiger partial charge >= 0.3 is 0 Å². The van der Waals surface area contributed by atoms with Crippen LogP contribution in [-0.4, -0.2) is 35.3 Å². The lowest BCUT2D eigenvalue weighted by atomic mass is 9.74. The normalized spacial score (nSPS) is 16.7. The maximum absolute atomic E-state index is 13.1. The lowest BCUT2D eigenvalue weighted by Crippen LogP contribution is -2.44. The molecule has 0 aromatic heterocycles. The molecule has 1 fully saturated rings. The van der Waals surface area contributed by atoms with Crippen molar-refractivity contribution in [3.8, 4) is 5.75 Å². The fourth-order valence-electron chi connectivity index (χ4n) is 3.92. The van der Waals surface area contributed by atoms with Crippen LogP contribution in [-0.2, 0) is 20.2 Å². The molecule has 0 aliphatic carbocycles. The van der Waals surface area contributed by atoms with Gasteiger partial charge in [0, 0.05) is 30.7 Å². The Morgan fingerprint density at radius 2 is 1.68 bits per heavy atom. The van der Waals surface area contributed by atoms with E-state index >= 15 is 0 Å². The Morgan fingerprint density at radius 1 is 1.04 bits per heavy atom. The van der Waals surface area contributed by atoms with Gasteiger partial charge in [0.1, 0.15) is 5.75 Å². The van der Waals surface area contributed by atoms with E-state index in [-0.39, 0.29) is 5.41 Å². The standard InChI is InChI=1S/C22H29NO4S/c1-16-13-18(3)21(14-17(16)2)28(24,25)23-15-22(9-11-27-12-10-22)19-7-5-6-8-20(19)26-4/h5-8,13-14,23H,9-12,15H2,1-4H3. The Morgan fingerprint density at radius 3 is 2.36 bits per heavy atom. The number of benzene rings is 2. The molecular weight excluding hydrogens is 374 g/mol. The quantitative estimate of drug-likeness (QED) is 0.800. The fourth-order valence-corrected chi connectivity index (χ4v) is 5.36. The zero-order valence-electron chi connectivity index (χ0n) is 17.0. The molecule has 1 aliphatic rings. The van der Waals surface area contributed by atoms with Gasteiger partial charge in [0.15, 0.2) is 0 Å². The second-order valence-electron chi connectivity index (χ2n) is 7.62. The van der Waals surface area contributed by atoms with Crippen LogP contribution in [0.5, 0.6) is 5.75 Å². The predicted molar refractivity (Wildman–Crippen MR) is 111 cm³/mol. The average Bonchev–Trinajstić information content (AvgIpc) is 2.70. The van der Waals surface area contributed by atoms with Gasteiger partial charge in [-0.1, -0.05) is 24.3 Å². The summed E-state index contributed by atoms with van der Waals surface area (Å²) in [6, 6.07) is 11.5. The molecule has 1 aliphatic heterocycles. The summed E-state index contributed by atoms with van der Waals surface area (Å²) in [6.45, 7) is 7.27. The van der Waals surface area contributed by atoms with Gasteiger partial charge < -0.3 is 9.47 Å². The number of rotatable bonds is 6. The average molecular weight is 404 g/mol. The molecule has 5 nitrogen and oxygen atoms in total. The van der Waals surface area contributed by atoms with Crippen molar-refractivity contribution in [2.24, 2.45) is 0 Å². The predicted octanol–water partition coefficient (Wildman–Crippen LogP) is 3.65. The zero-order chi connectivity index (χ0) is 20.4. The summed E-state index contributed by atoms with van der Waals surface area (Å²) in [7, 11) is -1.98. The molecular formula is C22H29NO4S. The Labute approximate surface area is 168 Å². The number of aryl methyl sites for hydroxylation is 3. The minimum absolute atomic E-state index is 0.311. The van der Waals surface area contributed by atoms with Crippen LogP contribution >= 0.6 is 0 Å². The lowest BCUT2D eigenvalue weighted by molar-refractivity contribution is 0.0509. The first-order valence-corrected chi connectivity index (χ1v) is 11.1. The number of methoxy groups -OCH3 is 1. The third-order valence-electron chi connectivity index (χ3n) is 5.81. The molecule has 0 unspecified atom stereocenters. The van der Waals surface area contributed by atoms with E-state index in [1.165, 1.54) is 0 Å². The van der Waals surface area contributed by atoms with Crippen LogP contribution in [0.15, 0.2) is 41.3 Å². The van der Waals surface area contributed by atoms with E-state index in [2.05, 4.69) is 4.72 Å². The molecule has 0 radical (unpaired) electrons. The van der Waals surface area contributed by atoms with Gasteiger partial charge in [0.05, 0.1) is 12.0 Å². The fraction of sp³-hybridized carbons (Fsp3) is 0.455. The Kier molecular flexibility index (Phi) is 6.12. The number of ether oxygens (including phenoxy) is 2. The van der Waals surface area contributed by atoms with E-state index in [0.717, 1.165) is 40.8 Å². The lowest BCUT2D eigenvalue weighted by Gasteiger charge is -2.38. The molecule has 1 N–H and O–H groups in total. The van der Waals surface area contributed by atoms with Crippen molar-refractivity contribution in [3.63, 3.8) is 0 Å². The minimum atomic E-state index is -3.63. The summed E-state index contributed by atoms with van der Waals surface area (Å²) in [4.78, 5) is 0.345. The molecule has 0 atom stereocenters. The first-order chi connectivity index (χ1) is 13.3. The molecule has 1 heterocycles. The first kappa shape index (κ1) is 20.8. The van der Waals surface area contributed by atoms with Crippen molar-refractivity contribution in [1.29, 1.82) is 0 Å². The first-order valence-electron chi connectivity index (χ1n) is 9.58. The van der Waals surface area contributed by atoms with Crippen molar-refractivity contribution in [2.75, 3.05) is 26.9 Å². The van der Waals surface area contributed by atoms with Crippen LogP contribution in [0.25, 0.3) is 0 Å². The Balaban J connectivity index is 1.94. The number of hydrogen-bond donors (Lipinski definition) is 1. The van der Waals surface area contributed by atoms with Crippen LogP contribution in [0.2, 0.25) is 0 Å². The molecule has 152 valence electrons. The third kappa shape index (κ3) is 4.09. The molecule has 0 bridgehead atoms. The van der Waals surface area contributed by atoms with Crippen molar-refractivity contribution in [2.45, 2.75) is 43.9 Å². The number of nitrogens with one attached hydrogen (secondary N) is 1. The van der Waals surface area contributed by atoms with E-state index in [0.29, 0.717) is 24.7 Å². The van der Waals surface area contributed by atoms with E-state index in [4.69, 9.17) is 9.47 Å². The topological polar surface area (TPSA) is 64.6 Å². The molecule has 3 rings (SSSR count). The summed E-state index contributed by atoms with van der Waals surface area (Å²) >= 11 is 0. The second kappa shape index (κ2) is 8.23. The van der Waals surface area contributed by atoms with Crippen LogP contribution in [0.1, 0.15) is 35.1 Å². The van der Waals surface area contributed by atoms with Crippen LogP contribution in [0.4, 0.5) is 0 Å². The summed E-state index contributed by atoms with van der Waals surface area (Å²) in [6.07, 6.45) is 1.48. The van der Waals surface area contributed by atoms with Crippen LogP contribution in [0.3, 0.4) is 0 Å². The van der Waals surface area contributed by atoms with E-state index in [9.17, 15) is 8.42 Å². The van der Waals surface area contributed by atoms with Crippen LogP contribution in [0, 0.1) is 20.8 Å². The van der Waals surface area contributed by atoms with Gasteiger partial charge in [-0.2, -0.15) is 0 Å². The highest BCUT2D eigenvalue weighted by molar-refractivity contribution is 7.89. The van der Waals surface area contributed by atoms with Gasteiger partial charge in [0.25, 0.3) is 0 Å². The Bertz CT molecular complexity index is 947. The van der Waals surface area contributed by atoms with Crippen molar-refractivity contribution < 1.29 is 17.9 Å². The molecule has 28 heavy (non-hydrogen) atoms. The number of hydrogen-bond acceptors (Lipinski definition) is 4. The van der Waals surface area contributed by atoms with Gasteiger partial charge in [-0.15, -0.1) is 0 Å². The molecule has 2 aromatic carbocycles. The smallest absolute Gasteiger partial charge is 0.240 e. The maximum atomic E-state index is 13.1. The highest BCUT2D eigenvalue weighted by Gasteiger charge is 2.38. The van der Waals surface area contributed by atoms with E-state index in [1.54, 1.807) is 13.2 Å². The molecule has 0 amide bonds. The molecule has 6 heteroatoms. The highest BCUT2D eigenvalue weighted by Crippen LogP contribution is 2.39. The summed E-state index contributed by atoms with van der Waals surface area (Å²) < 4.78 is 40.2. The van der Waals surface area contributed by atoms with Crippen molar-refractivity contribution in [1.82, 2.24) is 4.72 Å². The maximum Gasteiger partial charge on any atom is 0.240 e. The van der Waals surface area contributed by atoms with Gasteiger partial charge in [-0.3, -0.25) is 0 Å². The largest absolute Gasteiger partial charge is 0.496 e. The Hall–Kier alpha value is -1.89. The van der Waals surface area contributed by atoms with Gasteiger partial charge in [-0.05, 0) is 62.4 Å². The molecule has 1 saturated heterocycles. The van der Waals surface area contributed by atoms with Crippen molar-refractivity contribution >= 4 is 10.0 Å². The monoisotopic (exact) mass is 403 g/mol. The highest BCUT2D eigenvalue weighted by atomic mass is 32.2. The van der Waals surface area contributed by atoms with E-state index in [1.807, 2.05) is 51.1 Å². The summed E-state index contributed by atoms with van der Waals surface area (Å²) in [5, 5.41) is 0. The third-order valence-corrected chi connectivity index (χ3v) is 7.35. The summed E-state index contributed by atoms with van der Waals surface area (Å²) in [5.74, 6) is 0.783. The van der Waals surface area contributed by atoms with Crippen molar-refractivity contribution in [3.05, 3.63) is 58.7 Å². The SMILES string of the molecule is COc1ccccc1C1(CNS(=O)(=O)c2cc(C)c(C)cc2C)CCOCC1. The van der Waals surface area contributed by atoms with Gasteiger partial charge in [-0.25, -0.2) is 13.1 Å². The van der Waals surface area contributed by atoms with Gasteiger partial charge in [0.2, 0.25) is 10.0 Å². The summed E-state index contributed by atoms with van der Waals surface area (Å²) in [5.41, 5.74) is 3.49. The molecule has 0 saturated carbocycles. The number of sulfonamides is 1. The number of para-hydroxylation sites is 1. The second-order valence-corrected chi connectivity index (χ2v) is 9.35. The van der Waals surface area contributed by atoms with Crippen LogP contribution < -0.4 is 9.46 Å². The zero-order valence-corrected chi connectivity index (χ0v) is 17.9. The molecule has 0 spiro atoms.